The minimum absolute atomic E-state index is 0.295. The third kappa shape index (κ3) is 2.70. The first-order valence-corrected chi connectivity index (χ1v) is 7.82. The number of aliphatic imine (C=N–C) groups is 1. The van der Waals surface area contributed by atoms with E-state index in [9.17, 15) is 0 Å². The van der Waals surface area contributed by atoms with Crippen LogP contribution in [0.15, 0.2) is 71.9 Å². The Hall–Kier alpha value is -3.67. The molecule has 0 atom stereocenters. The van der Waals surface area contributed by atoms with Crippen molar-refractivity contribution in [2.75, 3.05) is 5.32 Å². The van der Waals surface area contributed by atoms with Gasteiger partial charge in [-0.1, -0.05) is 18.2 Å². The molecule has 4 rings (SSSR count). The van der Waals surface area contributed by atoms with Gasteiger partial charge >= 0.3 is 0 Å². The lowest BCUT2D eigenvalue weighted by atomic mass is 10.1. The summed E-state index contributed by atoms with van der Waals surface area (Å²) in [6.45, 7) is 0. The molecule has 0 saturated heterocycles. The number of nitrogens with two attached hydrogens (primary N) is 1. The van der Waals surface area contributed by atoms with Crippen LogP contribution in [0, 0.1) is 5.41 Å². The van der Waals surface area contributed by atoms with Crippen molar-refractivity contribution in [1.29, 1.82) is 5.41 Å². The number of hydrogen-bond donors (Lipinski definition) is 3. The van der Waals surface area contributed by atoms with E-state index in [1.165, 1.54) is 0 Å². The molecular formula is C19H16N6. The van der Waals surface area contributed by atoms with Crippen LogP contribution >= 0.6 is 0 Å². The number of rotatable bonds is 4. The SMILES string of the molecule is N=CN=C(N)c1ccc2c(c1)nc(Nc1ccccc1)c1cccn12. The highest BCUT2D eigenvalue weighted by Crippen LogP contribution is 2.25. The highest BCUT2D eigenvalue weighted by Gasteiger charge is 2.10. The number of nitrogens with zero attached hydrogens (tertiary/aromatic N) is 3. The van der Waals surface area contributed by atoms with Crippen LogP contribution in [0.1, 0.15) is 5.56 Å². The summed E-state index contributed by atoms with van der Waals surface area (Å²) in [6, 6.07) is 19.7. The van der Waals surface area contributed by atoms with Gasteiger partial charge in [-0.15, -0.1) is 0 Å². The lowest BCUT2D eigenvalue weighted by Gasteiger charge is -2.11. The van der Waals surface area contributed by atoms with Crippen molar-refractivity contribution in [1.82, 2.24) is 9.38 Å². The molecular weight excluding hydrogens is 312 g/mol. The van der Waals surface area contributed by atoms with E-state index in [2.05, 4.69) is 14.7 Å². The second-order valence-corrected chi connectivity index (χ2v) is 5.56. The second-order valence-electron chi connectivity index (χ2n) is 5.56. The fourth-order valence-corrected chi connectivity index (χ4v) is 2.83. The van der Waals surface area contributed by atoms with E-state index >= 15 is 0 Å². The Labute approximate surface area is 144 Å². The normalized spacial score (nSPS) is 11.8. The topological polar surface area (TPSA) is 91.6 Å². The standard InChI is InChI=1S/C19H16N6/c20-12-22-18(21)13-8-9-16-15(11-13)24-19(17-7-4-10-25(16)17)23-14-5-2-1-3-6-14/h1-12H,(H,23,24)(H3,20,21,22). The number of anilines is 2. The van der Waals surface area contributed by atoms with Gasteiger partial charge in [0.2, 0.25) is 0 Å². The van der Waals surface area contributed by atoms with Gasteiger partial charge in [0.15, 0.2) is 5.82 Å². The highest BCUT2D eigenvalue weighted by atomic mass is 15.1. The van der Waals surface area contributed by atoms with Crippen molar-refractivity contribution in [2.45, 2.75) is 0 Å². The predicted molar refractivity (Wildman–Crippen MR) is 102 cm³/mol. The lowest BCUT2D eigenvalue weighted by Crippen LogP contribution is -2.13. The summed E-state index contributed by atoms with van der Waals surface area (Å²) in [5, 5.41) is 10.4. The van der Waals surface area contributed by atoms with Gasteiger partial charge in [-0.2, -0.15) is 0 Å². The molecule has 0 fully saturated rings. The van der Waals surface area contributed by atoms with E-state index in [1.54, 1.807) is 0 Å². The maximum atomic E-state index is 7.07. The van der Waals surface area contributed by atoms with E-state index in [-0.39, 0.29) is 0 Å². The predicted octanol–water partition coefficient (Wildman–Crippen LogP) is 3.54. The van der Waals surface area contributed by atoms with Crippen LogP contribution in [0.2, 0.25) is 0 Å². The van der Waals surface area contributed by atoms with E-state index in [4.69, 9.17) is 16.1 Å². The van der Waals surface area contributed by atoms with E-state index in [0.29, 0.717) is 5.84 Å². The Morgan fingerprint density at radius 1 is 1.08 bits per heavy atom. The van der Waals surface area contributed by atoms with E-state index in [0.717, 1.165) is 40.0 Å². The molecule has 4 N–H and O–H groups in total. The Balaban J connectivity index is 1.90. The van der Waals surface area contributed by atoms with Crippen LogP contribution in [-0.4, -0.2) is 21.6 Å². The van der Waals surface area contributed by atoms with Crippen molar-refractivity contribution >= 4 is 40.2 Å². The van der Waals surface area contributed by atoms with Crippen molar-refractivity contribution in [3.63, 3.8) is 0 Å². The number of amidine groups is 1. The summed E-state index contributed by atoms with van der Waals surface area (Å²) in [7, 11) is 0. The molecule has 0 spiro atoms. The van der Waals surface area contributed by atoms with E-state index < -0.39 is 0 Å². The van der Waals surface area contributed by atoms with Gasteiger partial charge in [0.25, 0.3) is 0 Å². The first-order valence-electron chi connectivity index (χ1n) is 7.82. The zero-order valence-electron chi connectivity index (χ0n) is 13.3. The Bertz CT molecular complexity index is 1100. The van der Waals surface area contributed by atoms with Crippen LogP contribution in [0.25, 0.3) is 16.6 Å². The first-order chi connectivity index (χ1) is 12.3. The number of hydrogen-bond acceptors (Lipinski definition) is 3. The number of fused-ring (bicyclic) bond motifs is 3. The van der Waals surface area contributed by atoms with Crippen molar-refractivity contribution in [3.8, 4) is 0 Å². The molecule has 0 saturated carbocycles. The molecule has 0 radical (unpaired) electrons. The maximum Gasteiger partial charge on any atom is 0.155 e. The molecule has 2 aromatic carbocycles. The van der Waals surface area contributed by atoms with Gasteiger partial charge in [-0.3, -0.25) is 5.41 Å². The number of para-hydroxylation sites is 1. The van der Waals surface area contributed by atoms with Crippen LogP contribution in [-0.2, 0) is 0 Å². The number of nitrogens with one attached hydrogen (secondary N) is 2. The molecule has 0 aliphatic carbocycles. The summed E-state index contributed by atoms with van der Waals surface area (Å²) >= 11 is 0. The number of benzene rings is 2. The fourth-order valence-electron chi connectivity index (χ4n) is 2.83. The molecule has 0 amide bonds. The molecule has 6 nitrogen and oxygen atoms in total. The Kier molecular flexibility index (Phi) is 3.63. The fraction of sp³-hybridized carbons (Fsp3) is 0. The van der Waals surface area contributed by atoms with Gasteiger partial charge in [-0.25, -0.2) is 9.98 Å². The van der Waals surface area contributed by atoms with Crippen molar-refractivity contribution in [3.05, 3.63) is 72.4 Å². The average molecular weight is 328 g/mol. The van der Waals surface area contributed by atoms with Crippen LogP contribution in [0.4, 0.5) is 11.5 Å². The van der Waals surface area contributed by atoms with Crippen LogP contribution in [0.3, 0.4) is 0 Å². The number of aromatic nitrogens is 2. The Morgan fingerprint density at radius 3 is 2.72 bits per heavy atom. The van der Waals surface area contributed by atoms with Gasteiger partial charge in [-0.05, 0) is 42.5 Å². The van der Waals surface area contributed by atoms with E-state index in [1.807, 2.05) is 66.9 Å². The minimum Gasteiger partial charge on any atom is -0.383 e. The molecule has 0 bridgehead atoms. The highest BCUT2D eigenvalue weighted by molar-refractivity contribution is 6.03. The zero-order valence-corrected chi connectivity index (χ0v) is 13.3. The Morgan fingerprint density at radius 2 is 1.92 bits per heavy atom. The lowest BCUT2D eigenvalue weighted by molar-refractivity contribution is 1.22. The molecule has 0 aliphatic heterocycles. The first kappa shape index (κ1) is 14.9. The quantitative estimate of drug-likeness (QED) is 0.395. The molecule has 6 heteroatoms. The summed E-state index contributed by atoms with van der Waals surface area (Å²) in [4.78, 5) is 8.60. The zero-order chi connectivity index (χ0) is 17.2. The molecule has 2 heterocycles. The molecule has 0 unspecified atom stereocenters. The molecule has 2 aromatic heterocycles. The summed E-state index contributed by atoms with van der Waals surface area (Å²) in [5.74, 6) is 1.06. The van der Waals surface area contributed by atoms with Crippen LogP contribution in [0.5, 0.6) is 0 Å². The molecule has 0 aliphatic rings. The maximum absolute atomic E-state index is 7.07. The largest absolute Gasteiger partial charge is 0.383 e. The van der Waals surface area contributed by atoms with Gasteiger partial charge in [0, 0.05) is 17.4 Å². The van der Waals surface area contributed by atoms with Crippen LogP contribution < -0.4 is 11.1 Å². The monoisotopic (exact) mass is 328 g/mol. The molecule has 25 heavy (non-hydrogen) atoms. The minimum atomic E-state index is 0.295. The van der Waals surface area contributed by atoms with Gasteiger partial charge in [0.1, 0.15) is 12.2 Å². The smallest absolute Gasteiger partial charge is 0.155 e. The summed E-state index contributed by atoms with van der Waals surface area (Å²) in [6.07, 6.45) is 2.94. The van der Waals surface area contributed by atoms with Gasteiger partial charge < -0.3 is 15.5 Å². The van der Waals surface area contributed by atoms with Crippen molar-refractivity contribution in [2.24, 2.45) is 10.7 Å². The average Bonchev–Trinajstić information content (AvgIpc) is 3.13. The third-order valence-corrected chi connectivity index (χ3v) is 3.99. The molecule has 122 valence electrons. The van der Waals surface area contributed by atoms with Crippen molar-refractivity contribution < 1.29 is 0 Å². The van der Waals surface area contributed by atoms with Gasteiger partial charge in [0.05, 0.1) is 16.6 Å². The molecule has 4 aromatic rings. The summed E-state index contributed by atoms with van der Waals surface area (Å²) in [5.41, 5.74) is 10.4. The summed E-state index contributed by atoms with van der Waals surface area (Å²) < 4.78 is 2.08. The second kappa shape index (κ2) is 6.09. The third-order valence-electron chi connectivity index (χ3n) is 3.99.